The summed E-state index contributed by atoms with van der Waals surface area (Å²) in [7, 11) is 3.45. The van der Waals surface area contributed by atoms with E-state index in [1.54, 1.807) is 11.8 Å². The van der Waals surface area contributed by atoms with E-state index in [9.17, 15) is 4.79 Å². The number of nitrogens with one attached hydrogen (secondary N) is 1. The van der Waals surface area contributed by atoms with Crippen LogP contribution in [0.1, 0.15) is 30.4 Å². The van der Waals surface area contributed by atoms with Crippen molar-refractivity contribution in [2.24, 2.45) is 7.05 Å². The van der Waals surface area contributed by atoms with Crippen molar-refractivity contribution in [1.29, 1.82) is 0 Å². The largest absolute Gasteiger partial charge is 0.493 e. The number of ether oxygens (including phenoxy) is 2. The summed E-state index contributed by atoms with van der Waals surface area (Å²) in [6.45, 7) is 2.22. The first-order chi connectivity index (χ1) is 14.0. The summed E-state index contributed by atoms with van der Waals surface area (Å²) >= 11 is 0. The number of benzene rings is 2. The molecule has 2 aromatic carbocycles. The van der Waals surface area contributed by atoms with E-state index < -0.39 is 0 Å². The van der Waals surface area contributed by atoms with Gasteiger partial charge in [-0.1, -0.05) is 17.3 Å². The van der Waals surface area contributed by atoms with Gasteiger partial charge in [0.1, 0.15) is 5.52 Å². The van der Waals surface area contributed by atoms with Crippen LogP contribution in [0.5, 0.6) is 11.5 Å². The molecule has 0 fully saturated rings. The molecule has 0 aliphatic carbocycles. The Balaban J connectivity index is 0.000000755. The number of methoxy groups -OCH3 is 1. The summed E-state index contributed by atoms with van der Waals surface area (Å²) in [5.74, 6) is 1.26. The molecule has 4 rings (SSSR count). The third-order valence-electron chi connectivity index (χ3n) is 4.74. The number of aryl methyl sites for hydroxylation is 1. The van der Waals surface area contributed by atoms with Gasteiger partial charge in [-0.15, -0.1) is 5.10 Å². The lowest BCUT2D eigenvalue weighted by Gasteiger charge is -2.26. The summed E-state index contributed by atoms with van der Waals surface area (Å²) in [5, 5.41) is 18.1. The second-order valence-corrected chi connectivity index (χ2v) is 6.36. The Kier molecular flexibility index (Phi) is 5.96. The fourth-order valence-electron chi connectivity index (χ4n) is 3.50. The van der Waals surface area contributed by atoms with Crippen LogP contribution >= 0.6 is 0 Å². The molecule has 152 valence electrons. The molecule has 9 heteroatoms. The minimum Gasteiger partial charge on any atom is -0.493 e. The lowest BCUT2D eigenvalue weighted by molar-refractivity contribution is -0.123. The van der Waals surface area contributed by atoms with Crippen LogP contribution in [0.3, 0.4) is 0 Å². The lowest BCUT2D eigenvalue weighted by Crippen LogP contribution is -2.23. The van der Waals surface area contributed by atoms with E-state index in [1.807, 2.05) is 44.3 Å². The number of nitrogens with zero attached hydrogens (tertiary/aromatic N) is 3. The molecule has 3 aromatic rings. The van der Waals surface area contributed by atoms with Crippen molar-refractivity contribution in [2.45, 2.75) is 19.3 Å². The van der Waals surface area contributed by atoms with E-state index in [0.29, 0.717) is 30.0 Å². The average Bonchev–Trinajstić information content (AvgIpc) is 3.09. The Hall–Kier alpha value is -3.62. The van der Waals surface area contributed by atoms with Gasteiger partial charge in [-0.05, 0) is 36.2 Å². The van der Waals surface area contributed by atoms with Crippen LogP contribution in [0, 0.1) is 0 Å². The summed E-state index contributed by atoms with van der Waals surface area (Å²) in [6.07, 6.45) is 0.372. The van der Waals surface area contributed by atoms with Gasteiger partial charge in [-0.3, -0.25) is 9.59 Å². The molecule has 1 aromatic heterocycles. The van der Waals surface area contributed by atoms with E-state index in [2.05, 4.69) is 15.6 Å². The molecule has 0 bridgehead atoms. The molecule has 1 aliphatic heterocycles. The van der Waals surface area contributed by atoms with Crippen molar-refractivity contribution in [2.75, 3.05) is 19.0 Å². The molecule has 2 heterocycles. The first-order valence-corrected chi connectivity index (χ1v) is 9.04. The second kappa shape index (κ2) is 8.59. The Morgan fingerprint density at radius 2 is 2.07 bits per heavy atom. The van der Waals surface area contributed by atoms with Crippen LogP contribution in [0.4, 0.5) is 5.69 Å². The first kappa shape index (κ1) is 20.1. The molecular weight excluding hydrogens is 376 g/mol. The maximum absolute atomic E-state index is 12.4. The van der Waals surface area contributed by atoms with Crippen molar-refractivity contribution in [3.05, 3.63) is 41.5 Å². The number of carboxylic acid groups (broad SMARTS) is 1. The topological polar surface area (TPSA) is 116 Å². The zero-order chi connectivity index (χ0) is 21.0. The summed E-state index contributed by atoms with van der Waals surface area (Å²) < 4.78 is 12.8. The Bertz CT molecular complexity index is 1050. The van der Waals surface area contributed by atoms with E-state index >= 15 is 0 Å². The molecule has 2 N–H and O–H groups in total. The number of fused-ring (bicyclic) bond motifs is 3. The summed E-state index contributed by atoms with van der Waals surface area (Å²) in [4.78, 5) is 20.7. The Labute approximate surface area is 167 Å². The maximum Gasteiger partial charge on any atom is 0.290 e. The third kappa shape index (κ3) is 3.84. The number of rotatable bonds is 4. The molecule has 9 nitrogen and oxygen atoms in total. The minimum atomic E-state index is -0.250. The molecular formula is C20H22N4O5. The monoisotopic (exact) mass is 398 g/mol. The quantitative estimate of drug-likeness (QED) is 0.649. The first-order valence-electron chi connectivity index (χ1n) is 9.04. The molecule has 1 amide bonds. The number of anilines is 1. The van der Waals surface area contributed by atoms with Gasteiger partial charge < -0.3 is 19.9 Å². The van der Waals surface area contributed by atoms with Crippen LogP contribution in [-0.2, 0) is 16.6 Å². The predicted octanol–water partition coefficient (Wildman–Crippen LogP) is 2.55. The number of carbonyl (C=O) groups excluding carboxylic acids is 1. The van der Waals surface area contributed by atoms with Crippen LogP contribution < -0.4 is 14.8 Å². The van der Waals surface area contributed by atoms with Gasteiger partial charge in [0.15, 0.2) is 11.5 Å². The van der Waals surface area contributed by atoms with Crippen LogP contribution in [0.25, 0.3) is 11.0 Å². The number of aromatic nitrogens is 3. The SMILES string of the molecule is CCOc1cc(C2CC(=O)Nc3c2ccc2c3nnn2C)ccc1OC.O=CO. The van der Waals surface area contributed by atoms with Gasteiger partial charge in [-0.2, -0.15) is 0 Å². The van der Waals surface area contributed by atoms with Crippen molar-refractivity contribution >= 4 is 29.1 Å². The number of carbonyl (C=O) groups is 2. The predicted molar refractivity (Wildman–Crippen MR) is 106 cm³/mol. The minimum absolute atomic E-state index is 0.0329. The third-order valence-corrected chi connectivity index (χ3v) is 4.74. The zero-order valence-corrected chi connectivity index (χ0v) is 16.4. The normalized spacial score (nSPS) is 15.0. The van der Waals surface area contributed by atoms with Gasteiger partial charge in [0.25, 0.3) is 6.47 Å². The molecule has 0 spiro atoms. The van der Waals surface area contributed by atoms with Crippen LogP contribution in [-0.4, -0.2) is 46.2 Å². The van der Waals surface area contributed by atoms with E-state index in [4.69, 9.17) is 19.4 Å². The highest BCUT2D eigenvalue weighted by atomic mass is 16.5. The molecule has 1 atom stereocenters. The molecule has 1 aliphatic rings. The number of hydrogen-bond donors (Lipinski definition) is 2. The number of hydrogen-bond acceptors (Lipinski definition) is 6. The highest BCUT2D eigenvalue weighted by Crippen LogP contribution is 2.42. The second-order valence-electron chi connectivity index (χ2n) is 6.36. The van der Waals surface area contributed by atoms with E-state index in [-0.39, 0.29) is 18.3 Å². The Morgan fingerprint density at radius 3 is 2.76 bits per heavy atom. The van der Waals surface area contributed by atoms with Gasteiger partial charge >= 0.3 is 0 Å². The average molecular weight is 398 g/mol. The van der Waals surface area contributed by atoms with Gasteiger partial charge in [0, 0.05) is 19.4 Å². The lowest BCUT2D eigenvalue weighted by atomic mass is 9.84. The Morgan fingerprint density at radius 1 is 1.31 bits per heavy atom. The standard InChI is InChI=1S/C19H20N4O3.CH2O2/c1-4-26-16-9-11(5-8-15(16)25-3)13-10-17(24)20-18-12(13)6-7-14-19(18)21-22-23(14)2;2-1-3/h5-9,13H,4,10H2,1-3H3,(H,20,24);1H,(H,2,3). The summed E-state index contributed by atoms with van der Waals surface area (Å²) in [6, 6.07) is 9.85. The van der Waals surface area contributed by atoms with Crippen LogP contribution in [0.2, 0.25) is 0 Å². The smallest absolute Gasteiger partial charge is 0.290 e. The zero-order valence-electron chi connectivity index (χ0n) is 16.4. The number of amides is 1. The van der Waals surface area contributed by atoms with E-state index in [0.717, 1.165) is 22.3 Å². The molecule has 0 saturated heterocycles. The van der Waals surface area contributed by atoms with Gasteiger partial charge in [0.05, 0.1) is 24.9 Å². The molecule has 0 radical (unpaired) electrons. The van der Waals surface area contributed by atoms with Crippen molar-refractivity contribution in [1.82, 2.24) is 15.0 Å². The van der Waals surface area contributed by atoms with Crippen molar-refractivity contribution in [3.8, 4) is 11.5 Å². The summed E-state index contributed by atoms with van der Waals surface area (Å²) in [5.41, 5.74) is 4.38. The highest BCUT2D eigenvalue weighted by Gasteiger charge is 2.29. The van der Waals surface area contributed by atoms with Crippen molar-refractivity contribution in [3.63, 3.8) is 0 Å². The van der Waals surface area contributed by atoms with Gasteiger partial charge in [0.2, 0.25) is 5.91 Å². The van der Waals surface area contributed by atoms with E-state index in [1.165, 1.54) is 0 Å². The molecule has 29 heavy (non-hydrogen) atoms. The maximum atomic E-state index is 12.4. The van der Waals surface area contributed by atoms with Crippen molar-refractivity contribution < 1.29 is 24.2 Å². The van der Waals surface area contributed by atoms with Crippen LogP contribution in [0.15, 0.2) is 30.3 Å². The molecule has 1 unspecified atom stereocenters. The fourth-order valence-corrected chi connectivity index (χ4v) is 3.50. The fraction of sp³-hybridized carbons (Fsp3) is 0.300. The van der Waals surface area contributed by atoms with Gasteiger partial charge in [-0.25, -0.2) is 4.68 Å². The molecule has 0 saturated carbocycles. The highest BCUT2D eigenvalue weighted by molar-refractivity contribution is 6.03.